The van der Waals surface area contributed by atoms with Crippen molar-refractivity contribution >= 4 is 27.5 Å². The number of nitrogens with zero attached hydrogens (tertiary/aromatic N) is 1. The van der Waals surface area contributed by atoms with E-state index in [0.29, 0.717) is 13.0 Å². The van der Waals surface area contributed by atoms with Crippen LogP contribution in [0.5, 0.6) is 0 Å². The Kier molecular flexibility index (Phi) is 8.35. The van der Waals surface area contributed by atoms with Gasteiger partial charge in [-0.3, -0.25) is 4.55 Å². The second-order valence-electron chi connectivity index (χ2n) is 9.52. The van der Waals surface area contributed by atoms with Crippen LogP contribution in [0, 0.1) is 13.8 Å². The topological polar surface area (TPSA) is 106 Å². The van der Waals surface area contributed by atoms with E-state index in [0.717, 1.165) is 51.2 Å². The molecule has 188 valence electrons. The van der Waals surface area contributed by atoms with Gasteiger partial charge in [0, 0.05) is 6.54 Å². The largest absolute Gasteiger partial charge is 0.444 e. The van der Waals surface area contributed by atoms with Gasteiger partial charge in [-0.15, -0.1) is 11.3 Å². The monoisotopic (exact) mass is 516 g/mol. The minimum atomic E-state index is -4.25. The number of amides is 1. The molecule has 0 atom stereocenters. The van der Waals surface area contributed by atoms with Gasteiger partial charge in [-0.1, -0.05) is 18.2 Å². The average Bonchev–Trinajstić information content (AvgIpc) is 3.18. The van der Waals surface area contributed by atoms with Crippen molar-refractivity contribution in [2.75, 3.05) is 0 Å². The lowest BCUT2D eigenvalue weighted by atomic mass is 9.96. The zero-order chi connectivity index (χ0) is 25.8. The van der Waals surface area contributed by atoms with E-state index >= 15 is 0 Å². The van der Waals surface area contributed by atoms with Crippen LogP contribution in [-0.4, -0.2) is 29.6 Å². The van der Waals surface area contributed by atoms with Crippen molar-refractivity contribution in [1.29, 1.82) is 0 Å². The third kappa shape index (κ3) is 7.62. The fourth-order valence-electron chi connectivity index (χ4n) is 3.78. The van der Waals surface area contributed by atoms with Crippen molar-refractivity contribution in [2.45, 2.75) is 70.9 Å². The summed E-state index contributed by atoms with van der Waals surface area (Å²) >= 11 is 1.59. The predicted molar refractivity (Wildman–Crippen MR) is 138 cm³/mol. The minimum absolute atomic E-state index is 0.0944. The molecule has 0 fully saturated rings. The molecule has 1 heterocycles. The number of carbonyl (C=O) groups excluding carboxylic acids is 1. The van der Waals surface area contributed by atoms with Crippen LogP contribution >= 0.6 is 11.3 Å². The molecule has 0 aliphatic carbocycles. The van der Waals surface area contributed by atoms with Gasteiger partial charge in [-0.25, -0.2) is 9.78 Å². The quantitative estimate of drug-likeness (QED) is 0.363. The Morgan fingerprint density at radius 2 is 1.77 bits per heavy atom. The lowest BCUT2D eigenvalue weighted by Crippen LogP contribution is -2.32. The van der Waals surface area contributed by atoms with E-state index < -0.39 is 21.8 Å². The third-order valence-corrected chi connectivity index (χ3v) is 7.37. The number of hydrogen-bond acceptors (Lipinski definition) is 6. The van der Waals surface area contributed by atoms with E-state index in [1.54, 1.807) is 17.4 Å². The molecule has 0 aliphatic rings. The molecule has 2 N–H and O–H groups in total. The molecule has 0 saturated heterocycles. The number of rotatable bonds is 8. The van der Waals surface area contributed by atoms with Crippen LogP contribution in [0.2, 0.25) is 0 Å². The van der Waals surface area contributed by atoms with E-state index in [1.807, 2.05) is 52.3 Å². The first-order valence-electron chi connectivity index (χ1n) is 11.4. The first kappa shape index (κ1) is 26.8. The molecule has 9 heteroatoms. The van der Waals surface area contributed by atoms with Gasteiger partial charge in [-0.2, -0.15) is 8.42 Å². The summed E-state index contributed by atoms with van der Waals surface area (Å²) in [4.78, 5) is 17.5. The standard InChI is InChI=1S/C26H32N2O5S2/c1-17-9-12-23(35(30,31)32)14-19(17)7-6-8-20-13-21(24-18(2)28-16-34-24)10-11-22(20)15-27-25(29)33-26(3,4)5/h9-14,16H,6-8,15H2,1-5H3,(H,27,29)(H,30,31,32). The highest BCUT2D eigenvalue weighted by atomic mass is 32.2. The normalized spacial score (nSPS) is 11.9. The SMILES string of the molecule is Cc1ccc(S(=O)(=O)O)cc1CCCc1cc(-c2scnc2C)ccc1CNC(=O)OC(C)(C)C. The zero-order valence-corrected chi connectivity index (χ0v) is 22.3. The number of benzene rings is 2. The Morgan fingerprint density at radius 3 is 2.40 bits per heavy atom. The van der Waals surface area contributed by atoms with Crippen LogP contribution in [-0.2, 0) is 34.2 Å². The van der Waals surface area contributed by atoms with Gasteiger partial charge < -0.3 is 10.1 Å². The van der Waals surface area contributed by atoms with Crippen LogP contribution in [0.4, 0.5) is 4.79 Å². The molecule has 0 unspecified atom stereocenters. The molecule has 3 rings (SSSR count). The lowest BCUT2D eigenvalue weighted by molar-refractivity contribution is 0.0523. The highest BCUT2D eigenvalue weighted by Gasteiger charge is 2.17. The number of nitrogens with one attached hydrogen (secondary N) is 1. The van der Waals surface area contributed by atoms with Crippen LogP contribution in [0.15, 0.2) is 46.8 Å². The van der Waals surface area contributed by atoms with E-state index in [-0.39, 0.29) is 4.90 Å². The van der Waals surface area contributed by atoms with Crippen LogP contribution in [0.3, 0.4) is 0 Å². The van der Waals surface area contributed by atoms with E-state index in [1.165, 1.54) is 12.1 Å². The average molecular weight is 517 g/mol. The molecule has 0 radical (unpaired) electrons. The summed E-state index contributed by atoms with van der Waals surface area (Å²) in [6, 6.07) is 10.8. The van der Waals surface area contributed by atoms with Crippen molar-refractivity contribution < 1.29 is 22.5 Å². The van der Waals surface area contributed by atoms with Gasteiger partial charge in [0.1, 0.15) is 5.60 Å². The lowest BCUT2D eigenvalue weighted by Gasteiger charge is -2.20. The highest BCUT2D eigenvalue weighted by Crippen LogP contribution is 2.30. The number of aromatic nitrogens is 1. The van der Waals surface area contributed by atoms with Crippen molar-refractivity contribution in [3.8, 4) is 10.4 Å². The summed E-state index contributed by atoms with van der Waals surface area (Å²) in [5.74, 6) is 0. The maximum atomic E-state index is 12.2. The molecule has 2 aromatic carbocycles. The molecular formula is C26H32N2O5S2. The first-order valence-corrected chi connectivity index (χ1v) is 13.7. The number of carbonyl (C=O) groups is 1. The van der Waals surface area contributed by atoms with Crippen molar-refractivity contribution in [2.24, 2.45) is 0 Å². The van der Waals surface area contributed by atoms with Gasteiger partial charge >= 0.3 is 6.09 Å². The molecule has 0 bridgehead atoms. The number of hydrogen-bond donors (Lipinski definition) is 2. The van der Waals surface area contributed by atoms with Gasteiger partial charge in [-0.05, 0) is 99.9 Å². The Hall–Kier alpha value is -2.75. The predicted octanol–water partition coefficient (Wildman–Crippen LogP) is 5.87. The molecule has 0 spiro atoms. The number of aryl methyl sites for hydroxylation is 4. The van der Waals surface area contributed by atoms with E-state index in [9.17, 15) is 17.8 Å². The molecule has 0 saturated carbocycles. The fraction of sp³-hybridized carbons (Fsp3) is 0.385. The fourth-order valence-corrected chi connectivity index (χ4v) is 5.11. The summed E-state index contributed by atoms with van der Waals surface area (Å²) in [7, 11) is -4.25. The summed E-state index contributed by atoms with van der Waals surface area (Å²) < 4.78 is 37.8. The maximum absolute atomic E-state index is 12.2. The Bertz CT molecular complexity index is 1310. The Balaban J connectivity index is 1.80. The molecule has 1 aromatic heterocycles. The van der Waals surface area contributed by atoms with E-state index in [4.69, 9.17) is 4.74 Å². The second kappa shape index (κ2) is 10.9. The smallest absolute Gasteiger partial charge is 0.407 e. The Labute approximate surface area is 211 Å². The minimum Gasteiger partial charge on any atom is -0.444 e. The molecule has 1 amide bonds. The van der Waals surface area contributed by atoms with Crippen molar-refractivity contribution in [3.05, 3.63) is 69.9 Å². The third-order valence-electron chi connectivity index (χ3n) is 5.55. The summed E-state index contributed by atoms with van der Waals surface area (Å²) in [5.41, 5.74) is 7.23. The number of alkyl carbamates (subject to hydrolysis) is 1. The number of thiazole rings is 1. The van der Waals surface area contributed by atoms with E-state index in [2.05, 4.69) is 16.4 Å². The number of ether oxygens (including phenoxy) is 1. The van der Waals surface area contributed by atoms with Crippen LogP contribution in [0.1, 0.15) is 55.1 Å². The van der Waals surface area contributed by atoms with Crippen molar-refractivity contribution in [3.63, 3.8) is 0 Å². The first-order chi connectivity index (χ1) is 16.3. The molecular weight excluding hydrogens is 484 g/mol. The van der Waals surface area contributed by atoms with Crippen LogP contribution < -0.4 is 5.32 Å². The van der Waals surface area contributed by atoms with Gasteiger partial charge in [0.2, 0.25) is 0 Å². The summed E-state index contributed by atoms with van der Waals surface area (Å²) in [6.45, 7) is 9.71. The summed E-state index contributed by atoms with van der Waals surface area (Å²) in [5, 5.41) is 2.84. The van der Waals surface area contributed by atoms with Crippen LogP contribution in [0.25, 0.3) is 10.4 Å². The van der Waals surface area contributed by atoms with Crippen molar-refractivity contribution in [1.82, 2.24) is 10.3 Å². The molecule has 7 nitrogen and oxygen atoms in total. The molecule has 0 aliphatic heterocycles. The van der Waals surface area contributed by atoms with Gasteiger partial charge in [0.15, 0.2) is 0 Å². The second-order valence-corrected chi connectivity index (χ2v) is 11.8. The van der Waals surface area contributed by atoms with Gasteiger partial charge in [0.25, 0.3) is 10.1 Å². The highest BCUT2D eigenvalue weighted by molar-refractivity contribution is 7.85. The molecule has 35 heavy (non-hydrogen) atoms. The summed E-state index contributed by atoms with van der Waals surface area (Å²) in [6.07, 6.45) is 1.67. The zero-order valence-electron chi connectivity index (χ0n) is 20.7. The molecule has 3 aromatic rings. The van der Waals surface area contributed by atoms with Gasteiger partial charge in [0.05, 0.1) is 21.0 Å². The Morgan fingerprint density at radius 1 is 1.06 bits per heavy atom. The maximum Gasteiger partial charge on any atom is 0.407 e.